The third-order valence-electron chi connectivity index (χ3n) is 2.61. The second-order valence-electron chi connectivity index (χ2n) is 4.06. The van der Waals surface area contributed by atoms with Gasteiger partial charge in [-0.1, -0.05) is 0 Å². The summed E-state index contributed by atoms with van der Waals surface area (Å²) in [7, 11) is 1.57. The summed E-state index contributed by atoms with van der Waals surface area (Å²) in [5, 5.41) is 2.38. The van der Waals surface area contributed by atoms with Crippen molar-refractivity contribution < 1.29 is 9.18 Å². The number of hydrogen-bond donors (Lipinski definition) is 2. The lowest BCUT2D eigenvalue weighted by Gasteiger charge is -2.07. The number of halogens is 1. The number of nitrogens with two attached hydrogens (primary N) is 1. The van der Waals surface area contributed by atoms with Crippen molar-refractivity contribution in [3.8, 4) is 0 Å². The molecular weight excluding hydrogens is 249 g/mol. The Morgan fingerprint density at radius 3 is 2.68 bits per heavy atom. The highest BCUT2D eigenvalue weighted by molar-refractivity contribution is 6.04. The lowest BCUT2D eigenvalue weighted by atomic mass is 10.2. The highest BCUT2D eigenvalue weighted by Crippen LogP contribution is 2.17. The Kier molecular flexibility index (Phi) is 3.33. The number of aryl methyl sites for hydroxylation is 1. The van der Waals surface area contributed by atoms with Crippen molar-refractivity contribution in [3.63, 3.8) is 0 Å². The first-order valence-electron chi connectivity index (χ1n) is 5.50. The molecular formula is C13H12FN3O2. The molecule has 0 saturated heterocycles. The van der Waals surface area contributed by atoms with Crippen molar-refractivity contribution in [3.05, 3.63) is 58.3 Å². The fourth-order valence-corrected chi connectivity index (χ4v) is 1.52. The van der Waals surface area contributed by atoms with Gasteiger partial charge in [0.25, 0.3) is 11.5 Å². The summed E-state index contributed by atoms with van der Waals surface area (Å²) in [5.41, 5.74) is 5.54. The number of nitrogen functional groups attached to an aromatic ring is 1. The third-order valence-corrected chi connectivity index (χ3v) is 2.61. The molecule has 0 fully saturated rings. The van der Waals surface area contributed by atoms with E-state index >= 15 is 0 Å². The number of carbonyl (C=O) groups is 1. The van der Waals surface area contributed by atoms with E-state index < -0.39 is 11.7 Å². The SMILES string of the molecule is Cn1ccc(C(=O)Nc2ccc(N)cc2F)cc1=O. The fourth-order valence-electron chi connectivity index (χ4n) is 1.52. The van der Waals surface area contributed by atoms with E-state index in [9.17, 15) is 14.0 Å². The molecule has 0 aliphatic rings. The van der Waals surface area contributed by atoms with Gasteiger partial charge < -0.3 is 15.6 Å². The van der Waals surface area contributed by atoms with Crippen LogP contribution in [-0.4, -0.2) is 10.5 Å². The molecule has 1 aromatic carbocycles. The van der Waals surface area contributed by atoms with E-state index in [1.807, 2.05) is 0 Å². The summed E-state index contributed by atoms with van der Waals surface area (Å²) in [6.07, 6.45) is 1.47. The zero-order valence-electron chi connectivity index (χ0n) is 10.2. The number of nitrogens with one attached hydrogen (secondary N) is 1. The maximum absolute atomic E-state index is 13.5. The Labute approximate surface area is 108 Å². The standard InChI is InChI=1S/C13H12FN3O2/c1-17-5-4-8(6-12(17)18)13(19)16-11-3-2-9(15)7-10(11)14/h2-7H,15H2,1H3,(H,16,19). The van der Waals surface area contributed by atoms with Gasteiger partial charge in [-0.05, 0) is 24.3 Å². The Morgan fingerprint density at radius 2 is 2.05 bits per heavy atom. The smallest absolute Gasteiger partial charge is 0.255 e. The van der Waals surface area contributed by atoms with Crippen molar-refractivity contribution in [1.29, 1.82) is 0 Å². The van der Waals surface area contributed by atoms with E-state index in [-0.39, 0.29) is 22.5 Å². The van der Waals surface area contributed by atoms with Gasteiger partial charge in [-0.25, -0.2) is 4.39 Å². The van der Waals surface area contributed by atoms with Crippen LogP contribution in [0.1, 0.15) is 10.4 Å². The number of carbonyl (C=O) groups excluding carboxylic acids is 1. The quantitative estimate of drug-likeness (QED) is 0.801. The van der Waals surface area contributed by atoms with E-state index in [4.69, 9.17) is 5.73 Å². The van der Waals surface area contributed by atoms with E-state index in [1.54, 1.807) is 7.05 Å². The van der Waals surface area contributed by atoms with E-state index in [1.165, 1.54) is 35.0 Å². The van der Waals surface area contributed by atoms with Gasteiger partial charge in [0.15, 0.2) is 0 Å². The minimum Gasteiger partial charge on any atom is -0.399 e. The Balaban J connectivity index is 2.25. The van der Waals surface area contributed by atoms with E-state index in [0.717, 1.165) is 6.07 Å². The van der Waals surface area contributed by atoms with Crippen LogP contribution in [0, 0.1) is 5.82 Å². The van der Waals surface area contributed by atoms with Gasteiger partial charge in [0.1, 0.15) is 5.82 Å². The average molecular weight is 261 g/mol. The molecule has 0 atom stereocenters. The van der Waals surface area contributed by atoms with E-state index in [2.05, 4.69) is 5.32 Å². The molecule has 98 valence electrons. The number of benzene rings is 1. The number of nitrogens with zero attached hydrogens (tertiary/aromatic N) is 1. The molecule has 1 amide bonds. The van der Waals surface area contributed by atoms with Crippen molar-refractivity contribution >= 4 is 17.3 Å². The summed E-state index contributed by atoms with van der Waals surface area (Å²) in [5.74, 6) is -1.18. The van der Waals surface area contributed by atoms with Gasteiger partial charge in [-0.3, -0.25) is 9.59 Å². The van der Waals surface area contributed by atoms with Crippen molar-refractivity contribution in [2.75, 3.05) is 11.1 Å². The van der Waals surface area contributed by atoms with Gasteiger partial charge in [-0.15, -0.1) is 0 Å². The maximum atomic E-state index is 13.5. The van der Waals surface area contributed by atoms with Gasteiger partial charge in [0, 0.05) is 30.6 Å². The molecule has 6 heteroatoms. The molecule has 3 N–H and O–H groups in total. The predicted molar refractivity (Wildman–Crippen MR) is 70.4 cm³/mol. The van der Waals surface area contributed by atoms with Crippen LogP contribution >= 0.6 is 0 Å². The van der Waals surface area contributed by atoms with Crippen LogP contribution < -0.4 is 16.6 Å². The lowest BCUT2D eigenvalue weighted by Crippen LogP contribution is -2.20. The van der Waals surface area contributed by atoms with Crippen LogP contribution in [0.3, 0.4) is 0 Å². The minimum atomic E-state index is -0.628. The van der Waals surface area contributed by atoms with Gasteiger partial charge in [-0.2, -0.15) is 0 Å². The first-order chi connectivity index (χ1) is 8.97. The van der Waals surface area contributed by atoms with Crippen LogP contribution in [0.15, 0.2) is 41.3 Å². The molecule has 5 nitrogen and oxygen atoms in total. The van der Waals surface area contributed by atoms with Gasteiger partial charge in [0.05, 0.1) is 5.69 Å². The summed E-state index contributed by atoms with van der Waals surface area (Å²) < 4.78 is 14.8. The second-order valence-corrected chi connectivity index (χ2v) is 4.06. The molecule has 0 spiro atoms. The van der Waals surface area contributed by atoms with Crippen molar-refractivity contribution in [2.24, 2.45) is 7.05 Å². The normalized spacial score (nSPS) is 10.2. The van der Waals surface area contributed by atoms with Crippen LogP contribution in [0.2, 0.25) is 0 Å². The number of pyridine rings is 1. The molecule has 0 bridgehead atoms. The third kappa shape index (κ3) is 2.79. The van der Waals surface area contributed by atoms with Crippen LogP contribution in [-0.2, 0) is 7.05 Å². The van der Waals surface area contributed by atoms with Crippen molar-refractivity contribution in [2.45, 2.75) is 0 Å². The second kappa shape index (κ2) is 4.93. The molecule has 1 heterocycles. The number of anilines is 2. The average Bonchev–Trinajstić information content (AvgIpc) is 2.36. The monoisotopic (exact) mass is 261 g/mol. The highest BCUT2D eigenvalue weighted by Gasteiger charge is 2.10. The summed E-state index contributed by atoms with van der Waals surface area (Å²) >= 11 is 0. The summed E-state index contributed by atoms with van der Waals surface area (Å²) in [6.45, 7) is 0. The van der Waals surface area contributed by atoms with Gasteiger partial charge in [0.2, 0.25) is 0 Å². The van der Waals surface area contributed by atoms with Crippen LogP contribution in [0.5, 0.6) is 0 Å². The van der Waals surface area contributed by atoms with Crippen LogP contribution in [0.25, 0.3) is 0 Å². The Hall–Kier alpha value is -2.63. The molecule has 0 radical (unpaired) electrons. The molecule has 0 unspecified atom stereocenters. The summed E-state index contributed by atoms with van der Waals surface area (Å²) in [4.78, 5) is 23.3. The minimum absolute atomic E-state index is 0.0138. The van der Waals surface area contributed by atoms with E-state index in [0.29, 0.717) is 0 Å². The Morgan fingerprint density at radius 1 is 1.32 bits per heavy atom. The Bertz CT molecular complexity index is 695. The molecule has 2 aromatic rings. The maximum Gasteiger partial charge on any atom is 0.255 e. The highest BCUT2D eigenvalue weighted by atomic mass is 19.1. The van der Waals surface area contributed by atoms with Crippen LogP contribution in [0.4, 0.5) is 15.8 Å². The molecule has 19 heavy (non-hydrogen) atoms. The first kappa shape index (κ1) is 12.8. The zero-order valence-corrected chi connectivity index (χ0v) is 10.2. The predicted octanol–water partition coefficient (Wildman–Crippen LogP) is 1.36. The summed E-state index contributed by atoms with van der Waals surface area (Å²) in [6, 6.07) is 6.61. The number of rotatable bonds is 2. The van der Waals surface area contributed by atoms with Crippen molar-refractivity contribution in [1.82, 2.24) is 4.57 Å². The number of hydrogen-bond acceptors (Lipinski definition) is 3. The molecule has 0 aliphatic heterocycles. The van der Waals surface area contributed by atoms with Gasteiger partial charge >= 0.3 is 0 Å². The molecule has 1 aromatic heterocycles. The molecule has 2 rings (SSSR count). The number of amides is 1. The zero-order chi connectivity index (χ0) is 14.0. The largest absolute Gasteiger partial charge is 0.399 e. The fraction of sp³-hybridized carbons (Fsp3) is 0.0769. The number of aromatic nitrogens is 1. The molecule has 0 saturated carbocycles. The lowest BCUT2D eigenvalue weighted by molar-refractivity contribution is 0.102. The molecule has 0 aliphatic carbocycles. The first-order valence-corrected chi connectivity index (χ1v) is 5.50. The topological polar surface area (TPSA) is 77.1 Å².